The summed E-state index contributed by atoms with van der Waals surface area (Å²) >= 11 is 5.87. The molecule has 0 spiro atoms. The van der Waals surface area contributed by atoms with E-state index in [1.165, 1.54) is 5.56 Å². The topological polar surface area (TPSA) is 55.1 Å². The number of aryl methyl sites for hydroxylation is 1. The molecule has 0 radical (unpaired) electrons. The zero-order valence-corrected chi connectivity index (χ0v) is 11.4. The normalized spacial score (nSPS) is 10.2. The predicted molar refractivity (Wildman–Crippen MR) is 78.2 cm³/mol. The number of halogens is 1. The van der Waals surface area contributed by atoms with Crippen LogP contribution in [0.1, 0.15) is 21.5 Å². The van der Waals surface area contributed by atoms with E-state index in [1.807, 2.05) is 31.2 Å². The van der Waals surface area contributed by atoms with Crippen molar-refractivity contribution in [1.29, 1.82) is 0 Å². The third-order valence-electron chi connectivity index (χ3n) is 2.72. The van der Waals surface area contributed by atoms with Crippen LogP contribution >= 0.6 is 11.6 Å². The van der Waals surface area contributed by atoms with Crippen LogP contribution in [0.3, 0.4) is 0 Å². The summed E-state index contributed by atoms with van der Waals surface area (Å²) in [5.74, 6) is -0.185. The van der Waals surface area contributed by atoms with Crippen LogP contribution in [0.15, 0.2) is 42.5 Å². The van der Waals surface area contributed by atoms with Crippen LogP contribution in [0.4, 0.5) is 5.69 Å². The maximum Gasteiger partial charge on any atom is 0.251 e. The highest BCUT2D eigenvalue weighted by Gasteiger charge is 2.07. The van der Waals surface area contributed by atoms with Gasteiger partial charge in [-0.25, -0.2) is 0 Å². The molecule has 2 aromatic carbocycles. The summed E-state index contributed by atoms with van der Waals surface area (Å²) in [4.78, 5) is 12.0. The first kappa shape index (κ1) is 13.4. The van der Waals surface area contributed by atoms with Crippen LogP contribution in [0.5, 0.6) is 0 Å². The number of rotatable bonds is 3. The first-order valence-corrected chi connectivity index (χ1v) is 6.32. The van der Waals surface area contributed by atoms with Gasteiger partial charge in [0.2, 0.25) is 0 Å². The van der Waals surface area contributed by atoms with Crippen molar-refractivity contribution in [2.24, 2.45) is 0 Å². The van der Waals surface area contributed by atoms with E-state index in [-0.39, 0.29) is 5.91 Å². The number of nitrogens with one attached hydrogen (secondary N) is 1. The molecule has 0 aliphatic heterocycles. The Balaban J connectivity index is 2.05. The van der Waals surface area contributed by atoms with Crippen LogP contribution in [0.25, 0.3) is 0 Å². The second-order valence-corrected chi connectivity index (χ2v) is 4.88. The lowest BCUT2D eigenvalue weighted by atomic mass is 10.1. The van der Waals surface area contributed by atoms with Crippen LogP contribution in [0.2, 0.25) is 5.02 Å². The summed E-state index contributed by atoms with van der Waals surface area (Å²) < 4.78 is 0. The van der Waals surface area contributed by atoms with Gasteiger partial charge in [-0.15, -0.1) is 0 Å². The standard InChI is InChI=1S/C15H15ClN2O/c1-10-3-2-4-11(5-10)9-18-15(19)12-6-13(16)8-14(17)7-12/h2-8H,9,17H2,1H3,(H,18,19). The van der Waals surface area contributed by atoms with Gasteiger partial charge in [0, 0.05) is 22.8 Å². The number of amides is 1. The maximum absolute atomic E-state index is 12.0. The fourth-order valence-corrected chi connectivity index (χ4v) is 2.09. The molecule has 0 bridgehead atoms. The van der Waals surface area contributed by atoms with E-state index < -0.39 is 0 Å². The van der Waals surface area contributed by atoms with Gasteiger partial charge in [0.1, 0.15) is 0 Å². The number of benzene rings is 2. The summed E-state index contributed by atoms with van der Waals surface area (Å²) in [6.45, 7) is 2.50. The molecule has 0 aromatic heterocycles. The lowest BCUT2D eigenvalue weighted by Gasteiger charge is -2.07. The van der Waals surface area contributed by atoms with Crippen molar-refractivity contribution < 1.29 is 4.79 Å². The highest BCUT2D eigenvalue weighted by Crippen LogP contribution is 2.16. The molecule has 0 fully saturated rings. The maximum atomic E-state index is 12.0. The monoisotopic (exact) mass is 274 g/mol. The average molecular weight is 275 g/mol. The van der Waals surface area contributed by atoms with Gasteiger partial charge in [0.15, 0.2) is 0 Å². The van der Waals surface area contributed by atoms with Crippen molar-refractivity contribution in [2.45, 2.75) is 13.5 Å². The molecule has 0 aliphatic carbocycles. The van der Waals surface area contributed by atoms with E-state index in [2.05, 4.69) is 5.32 Å². The summed E-state index contributed by atoms with van der Waals surface area (Å²) in [6, 6.07) is 12.8. The van der Waals surface area contributed by atoms with E-state index in [0.717, 1.165) is 5.56 Å². The number of hydrogen-bond donors (Lipinski definition) is 2. The van der Waals surface area contributed by atoms with Gasteiger partial charge in [-0.1, -0.05) is 41.4 Å². The minimum absolute atomic E-state index is 0.185. The number of hydrogen-bond acceptors (Lipinski definition) is 2. The number of nitrogens with two attached hydrogens (primary N) is 1. The first-order chi connectivity index (χ1) is 9.04. The van der Waals surface area contributed by atoms with E-state index >= 15 is 0 Å². The van der Waals surface area contributed by atoms with Crippen LogP contribution in [0, 0.1) is 6.92 Å². The summed E-state index contributed by atoms with van der Waals surface area (Å²) in [6.07, 6.45) is 0. The summed E-state index contributed by atoms with van der Waals surface area (Å²) in [5, 5.41) is 3.30. The quantitative estimate of drug-likeness (QED) is 0.845. The lowest BCUT2D eigenvalue weighted by molar-refractivity contribution is 0.0951. The molecule has 0 heterocycles. The number of nitrogen functional groups attached to an aromatic ring is 1. The molecular weight excluding hydrogens is 260 g/mol. The van der Waals surface area contributed by atoms with Crippen molar-refractivity contribution in [3.63, 3.8) is 0 Å². The Hall–Kier alpha value is -2.00. The Morgan fingerprint density at radius 3 is 2.74 bits per heavy atom. The Morgan fingerprint density at radius 1 is 1.26 bits per heavy atom. The molecule has 3 N–H and O–H groups in total. The molecule has 0 atom stereocenters. The Kier molecular flexibility index (Phi) is 4.07. The number of anilines is 1. The van der Waals surface area contributed by atoms with E-state index in [4.69, 9.17) is 17.3 Å². The first-order valence-electron chi connectivity index (χ1n) is 5.94. The van der Waals surface area contributed by atoms with Gasteiger partial charge in [-0.05, 0) is 30.7 Å². The molecule has 4 heteroatoms. The highest BCUT2D eigenvalue weighted by atomic mass is 35.5. The van der Waals surface area contributed by atoms with Crippen LogP contribution in [-0.4, -0.2) is 5.91 Å². The molecule has 2 rings (SSSR count). The van der Waals surface area contributed by atoms with Gasteiger partial charge < -0.3 is 11.1 Å². The predicted octanol–water partition coefficient (Wildman–Crippen LogP) is 3.16. The van der Waals surface area contributed by atoms with Crippen molar-refractivity contribution in [2.75, 3.05) is 5.73 Å². The third-order valence-corrected chi connectivity index (χ3v) is 2.94. The molecule has 3 nitrogen and oxygen atoms in total. The zero-order valence-electron chi connectivity index (χ0n) is 10.6. The molecule has 1 amide bonds. The van der Waals surface area contributed by atoms with Crippen molar-refractivity contribution in [3.05, 3.63) is 64.2 Å². The fraction of sp³-hybridized carbons (Fsp3) is 0.133. The van der Waals surface area contributed by atoms with E-state index in [1.54, 1.807) is 18.2 Å². The van der Waals surface area contributed by atoms with E-state index in [0.29, 0.717) is 22.8 Å². The average Bonchev–Trinajstić information content (AvgIpc) is 2.35. The van der Waals surface area contributed by atoms with Gasteiger partial charge >= 0.3 is 0 Å². The molecule has 19 heavy (non-hydrogen) atoms. The third kappa shape index (κ3) is 3.73. The Bertz CT molecular complexity index is 591. The van der Waals surface area contributed by atoms with Crippen molar-refractivity contribution >= 4 is 23.2 Å². The molecule has 98 valence electrons. The van der Waals surface area contributed by atoms with Gasteiger partial charge in [0.25, 0.3) is 5.91 Å². The lowest BCUT2D eigenvalue weighted by Crippen LogP contribution is -2.22. The van der Waals surface area contributed by atoms with Crippen molar-refractivity contribution in [1.82, 2.24) is 5.32 Å². The molecule has 2 aromatic rings. The summed E-state index contributed by atoms with van der Waals surface area (Å²) in [7, 11) is 0. The minimum Gasteiger partial charge on any atom is -0.399 e. The number of carbonyl (C=O) groups excluding carboxylic acids is 1. The molecule has 0 unspecified atom stereocenters. The SMILES string of the molecule is Cc1cccc(CNC(=O)c2cc(N)cc(Cl)c2)c1. The second-order valence-electron chi connectivity index (χ2n) is 4.44. The molecule has 0 saturated carbocycles. The fourth-order valence-electron chi connectivity index (χ4n) is 1.85. The number of carbonyl (C=O) groups is 1. The zero-order chi connectivity index (χ0) is 13.8. The summed E-state index contributed by atoms with van der Waals surface area (Å²) in [5.41, 5.74) is 8.83. The second kappa shape index (κ2) is 5.76. The van der Waals surface area contributed by atoms with Crippen LogP contribution < -0.4 is 11.1 Å². The molecule has 0 aliphatic rings. The van der Waals surface area contributed by atoms with Gasteiger partial charge in [-0.2, -0.15) is 0 Å². The molecule has 0 saturated heterocycles. The smallest absolute Gasteiger partial charge is 0.251 e. The van der Waals surface area contributed by atoms with E-state index in [9.17, 15) is 4.79 Å². The van der Waals surface area contributed by atoms with Crippen LogP contribution in [-0.2, 0) is 6.54 Å². The molecular formula is C15H15ClN2O. The highest BCUT2D eigenvalue weighted by molar-refractivity contribution is 6.31. The van der Waals surface area contributed by atoms with Gasteiger partial charge in [-0.3, -0.25) is 4.79 Å². The Morgan fingerprint density at radius 2 is 2.05 bits per heavy atom. The minimum atomic E-state index is -0.185. The van der Waals surface area contributed by atoms with Gasteiger partial charge in [0.05, 0.1) is 0 Å². The van der Waals surface area contributed by atoms with Crippen molar-refractivity contribution in [3.8, 4) is 0 Å². The Labute approximate surface area is 117 Å². The largest absolute Gasteiger partial charge is 0.399 e.